The van der Waals surface area contributed by atoms with Crippen LogP contribution in [0.5, 0.6) is 0 Å². The van der Waals surface area contributed by atoms with Crippen LogP contribution in [-0.2, 0) is 16.3 Å². The minimum absolute atomic E-state index is 0.0356. The lowest BCUT2D eigenvalue weighted by atomic mass is 9.82. The highest BCUT2D eigenvalue weighted by atomic mass is 32.2. The normalized spacial score (nSPS) is 20.0. The van der Waals surface area contributed by atoms with Crippen LogP contribution in [0, 0.1) is 11.6 Å². The number of hydrogen-bond donors (Lipinski definition) is 0. The van der Waals surface area contributed by atoms with Crippen LogP contribution in [-0.4, -0.2) is 20.6 Å². The molecule has 1 aromatic carbocycles. The van der Waals surface area contributed by atoms with Gasteiger partial charge < -0.3 is 0 Å². The van der Waals surface area contributed by atoms with E-state index in [0.717, 1.165) is 29.7 Å². The van der Waals surface area contributed by atoms with E-state index < -0.39 is 39.7 Å². The maximum absolute atomic E-state index is 14.1. The van der Waals surface area contributed by atoms with Gasteiger partial charge in [0.2, 0.25) is 0 Å². The smallest absolute Gasteiger partial charge is 0.223 e. The van der Waals surface area contributed by atoms with Crippen LogP contribution in [0.25, 0.3) is 10.4 Å². The molecule has 0 aliphatic heterocycles. The highest BCUT2D eigenvalue weighted by Crippen LogP contribution is 2.51. The van der Waals surface area contributed by atoms with E-state index in [2.05, 4.69) is 0 Å². The molecular weight excluding hydrogens is 364 g/mol. The molecule has 0 fully saturated rings. The molecule has 0 amide bonds. The lowest BCUT2D eigenvalue weighted by Crippen LogP contribution is -2.30. The maximum Gasteiger partial charge on any atom is 0.255 e. The number of rotatable bonds is 2. The van der Waals surface area contributed by atoms with Crippen molar-refractivity contribution in [3.05, 3.63) is 41.0 Å². The summed E-state index contributed by atoms with van der Waals surface area (Å²) >= 11 is 0.803. The summed E-state index contributed by atoms with van der Waals surface area (Å²) in [5.74, 6) is -5.89. The third-order valence-electron chi connectivity index (χ3n) is 4.25. The zero-order chi connectivity index (χ0) is 17.9. The molecule has 3 rings (SSSR count). The summed E-state index contributed by atoms with van der Waals surface area (Å²) in [4.78, 5) is 0.339. The molecule has 0 radical (unpaired) electrons. The van der Waals surface area contributed by atoms with Gasteiger partial charge in [-0.15, -0.1) is 11.3 Å². The van der Waals surface area contributed by atoms with Crippen molar-refractivity contribution in [2.45, 2.75) is 35.8 Å². The predicted octanol–water partition coefficient (Wildman–Crippen LogP) is 4.78. The molecule has 0 bridgehead atoms. The second-order valence-corrected chi connectivity index (χ2v) is 9.26. The molecule has 1 heterocycles. The van der Waals surface area contributed by atoms with Gasteiger partial charge >= 0.3 is 0 Å². The first-order chi connectivity index (χ1) is 11.0. The van der Waals surface area contributed by atoms with Crippen LogP contribution in [0.1, 0.15) is 30.4 Å². The molecule has 0 N–H and O–H groups in total. The predicted molar refractivity (Wildman–Crippen MR) is 84.5 cm³/mol. The van der Waals surface area contributed by atoms with Gasteiger partial charge in [-0.3, -0.25) is 0 Å². The van der Waals surface area contributed by atoms with Crippen molar-refractivity contribution in [3.8, 4) is 10.4 Å². The monoisotopic (exact) mass is 378 g/mol. The van der Waals surface area contributed by atoms with Gasteiger partial charge in [-0.2, -0.15) is 0 Å². The number of sulfone groups is 1. The minimum Gasteiger partial charge on any atom is -0.223 e. The summed E-state index contributed by atoms with van der Waals surface area (Å²) in [6.45, 7) is 1.29. The van der Waals surface area contributed by atoms with Crippen LogP contribution < -0.4 is 0 Å². The topological polar surface area (TPSA) is 34.1 Å². The first-order valence-corrected chi connectivity index (χ1v) is 9.91. The molecule has 2 aromatic rings. The maximum atomic E-state index is 14.1. The molecular formula is C16H14F4O2S2. The molecule has 1 aliphatic rings. The Hall–Kier alpha value is -1.41. The molecule has 0 saturated carbocycles. The first-order valence-electron chi connectivity index (χ1n) is 7.20. The molecule has 8 heteroatoms. The Morgan fingerprint density at radius 1 is 1.17 bits per heavy atom. The van der Waals surface area contributed by atoms with Crippen molar-refractivity contribution in [2.24, 2.45) is 0 Å². The summed E-state index contributed by atoms with van der Waals surface area (Å²) in [7, 11) is -3.74. The molecule has 0 spiro atoms. The van der Waals surface area contributed by atoms with Gasteiger partial charge in [-0.05, 0) is 35.2 Å². The highest BCUT2D eigenvalue weighted by Gasteiger charge is 2.45. The van der Waals surface area contributed by atoms with Gasteiger partial charge in [0, 0.05) is 29.5 Å². The largest absolute Gasteiger partial charge is 0.255 e. The minimum atomic E-state index is -3.74. The highest BCUT2D eigenvalue weighted by molar-refractivity contribution is 7.92. The van der Waals surface area contributed by atoms with Crippen molar-refractivity contribution in [1.82, 2.24) is 0 Å². The van der Waals surface area contributed by atoms with Crippen molar-refractivity contribution >= 4 is 21.2 Å². The lowest BCUT2D eigenvalue weighted by Gasteiger charge is -2.30. The second-order valence-electron chi connectivity index (χ2n) is 6.02. The van der Waals surface area contributed by atoms with E-state index >= 15 is 0 Å². The number of fused-ring (bicyclic) bond motifs is 1. The van der Waals surface area contributed by atoms with E-state index in [4.69, 9.17) is 0 Å². The quantitative estimate of drug-likeness (QED) is 0.705. The van der Waals surface area contributed by atoms with Crippen molar-refractivity contribution < 1.29 is 26.0 Å². The number of halogens is 4. The number of thiophene rings is 1. The average Bonchev–Trinajstić information content (AvgIpc) is 2.82. The van der Waals surface area contributed by atoms with Crippen molar-refractivity contribution in [3.63, 3.8) is 0 Å². The second kappa shape index (κ2) is 5.56. The Morgan fingerprint density at radius 3 is 2.29 bits per heavy atom. The summed E-state index contributed by atoms with van der Waals surface area (Å²) in [5.41, 5.74) is 0.698. The number of benzene rings is 1. The molecule has 1 aromatic heterocycles. The Labute approximate surface area is 141 Å². The molecule has 1 aliphatic carbocycles. The molecule has 130 valence electrons. The number of alkyl halides is 2. The fourth-order valence-electron chi connectivity index (χ4n) is 3.05. The van der Waals surface area contributed by atoms with Gasteiger partial charge in [0.25, 0.3) is 5.92 Å². The molecule has 1 atom stereocenters. The molecule has 2 nitrogen and oxygen atoms in total. The first kappa shape index (κ1) is 17.4. The zero-order valence-corrected chi connectivity index (χ0v) is 14.5. The third kappa shape index (κ3) is 2.86. The Kier molecular flexibility index (Phi) is 4.03. The Balaban J connectivity index is 2.31. The Bertz CT molecular complexity index is 896. The van der Waals surface area contributed by atoms with Gasteiger partial charge in [0.15, 0.2) is 9.84 Å². The SMILES string of the molecule is C[C@H]1c2c(S(C)(=O)=O)sc(-c3cc(F)cc(F)c3)c2CCC1(F)F. The summed E-state index contributed by atoms with van der Waals surface area (Å²) in [5, 5.41) is 0. The standard InChI is InChI=1S/C16H14F4O2S2/c1-8-13-12(3-4-16(8,19)20)14(23-15(13)24(2,21)22)9-5-10(17)7-11(18)6-9/h5-8H,3-4H2,1-2H3/t8-/m0/s1. The average molecular weight is 378 g/mol. The van der Waals surface area contributed by atoms with E-state index in [1.807, 2.05) is 0 Å². The van der Waals surface area contributed by atoms with Crippen LogP contribution in [0.4, 0.5) is 17.6 Å². The van der Waals surface area contributed by atoms with Gasteiger partial charge in [-0.1, -0.05) is 6.92 Å². The summed E-state index contributed by atoms with van der Waals surface area (Å²) < 4.78 is 79.1. The summed E-state index contributed by atoms with van der Waals surface area (Å²) in [6, 6.07) is 2.87. The van der Waals surface area contributed by atoms with Crippen LogP contribution >= 0.6 is 11.3 Å². The van der Waals surface area contributed by atoms with E-state index in [1.165, 1.54) is 6.92 Å². The van der Waals surface area contributed by atoms with Crippen molar-refractivity contribution in [2.75, 3.05) is 6.26 Å². The lowest BCUT2D eigenvalue weighted by molar-refractivity contribution is -0.0365. The van der Waals surface area contributed by atoms with Crippen LogP contribution in [0.3, 0.4) is 0 Å². The summed E-state index contributed by atoms with van der Waals surface area (Å²) in [6.07, 6.45) is 0.493. The zero-order valence-electron chi connectivity index (χ0n) is 12.9. The fourth-order valence-corrected chi connectivity index (χ4v) is 5.78. The van der Waals surface area contributed by atoms with Crippen LogP contribution in [0.2, 0.25) is 0 Å². The van der Waals surface area contributed by atoms with Crippen LogP contribution in [0.15, 0.2) is 22.4 Å². The van der Waals surface area contributed by atoms with E-state index in [-0.39, 0.29) is 21.8 Å². The van der Waals surface area contributed by atoms with Gasteiger partial charge in [0.05, 0.1) is 0 Å². The van der Waals surface area contributed by atoms with E-state index in [0.29, 0.717) is 16.5 Å². The Morgan fingerprint density at radius 2 is 1.75 bits per heavy atom. The molecule has 24 heavy (non-hydrogen) atoms. The number of hydrogen-bond acceptors (Lipinski definition) is 3. The fraction of sp³-hybridized carbons (Fsp3) is 0.375. The van der Waals surface area contributed by atoms with Crippen molar-refractivity contribution in [1.29, 1.82) is 0 Å². The van der Waals surface area contributed by atoms with Gasteiger partial charge in [0.1, 0.15) is 15.8 Å². The third-order valence-corrected chi connectivity index (χ3v) is 7.39. The molecule has 0 saturated heterocycles. The van der Waals surface area contributed by atoms with E-state index in [9.17, 15) is 26.0 Å². The van der Waals surface area contributed by atoms with Gasteiger partial charge in [-0.25, -0.2) is 26.0 Å². The van der Waals surface area contributed by atoms with E-state index in [1.54, 1.807) is 0 Å². The molecule has 0 unspecified atom stereocenters.